The van der Waals surface area contributed by atoms with Gasteiger partial charge in [-0.25, -0.2) is 0 Å². The van der Waals surface area contributed by atoms with E-state index < -0.39 is 0 Å². The van der Waals surface area contributed by atoms with Crippen LogP contribution in [0.5, 0.6) is 11.5 Å². The van der Waals surface area contributed by atoms with Crippen molar-refractivity contribution in [3.05, 3.63) is 52.5 Å². The highest BCUT2D eigenvalue weighted by Crippen LogP contribution is 2.28. The lowest BCUT2D eigenvalue weighted by molar-refractivity contribution is 0.310. The van der Waals surface area contributed by atoms with E-state index in [1.807, 2.05) is 50.2 Å². The first-order valence-corrected chi connectivity index (χ1v) is 7.31. The van der Waals surface area contributed by atoms with E-state index in [9.17, 15) is 0 Å². The van der Waals surface area contributed by atoms with Crippen LogP contribution in [0, 0.1) is 6.92 Å². The van der Waals surface area contributed by atoms with Crippen molar-refractivity contribution >= 4 is 17.3 Å². The van der Waals surface area contributed by atoms with E-state index in [4.69, 9.17) is 21.1 Å². The first kappa shape index (κ1) is 15.5. The number of halogens is 1. The molecule has 0 aliphatic carbocycles. The lowest BCUT2D eigenvalue weighted by Crippen LogP contribution is -2.02. The van der Waals surface area contributed by atoms with Crippen molar-refractivity contribution in [2.24, 2.45) is 0 Å². The summed E-state index contributed by atoms with van der Waals surface area (Å²) in [5, 5.41) is 4.16. The summed E-state index contributed by atoms with van der Waals surface area (Å²) in [7, 11) is 1.65. The third-order valence-corrected chi connectivity index (χ3v) is 3.43. The van der Waals surface area contributed by atoms with Crippen LogP contribution < -0.4 is 14.8 Å². The maximum Gasteiger partial charge on any atom is 0.161 e. The first-order chi connectivity index (χ1) is 10.1. The highest BCUT2D eigenvalue weighted by Gasteiger charge is 2.06. The van der Waals surface area contributed by atoms with Gasteiger partial charge in [-0.1, -0.05) is 17.7 Å². The molecular weight excluding hydrogens is 286 g/mol. The lowest BCUT2D eigenvalue weighted by atomic mass is 10.1. The maximum absolute atomic E-state index is 5.96. The number of benzene rings is 2. The van der Waals surface area contributed by atoms with Crippen molar-refractivity contribution < 1.29 is 9.47 Å². The second kappa shape index (κ2) is 7.23. The Kier molecular flexibility index (Phi) is 5.34. The SMILES string of the molecule is CCOc1cc(CNc2ccc(Cl)cc2C)ccc1OC. The Labute approximate surface area is 130 Å². The van der Waals surface area contributed by atoms with Crippen molar-refractivity contribution in [3.63, 3.8) is 0 Å². The lowest BCUT2D eigenvalue weighted by Gasteiger charge is -2.13. The third kappa shape index (κ3) is 4.05. The van der Waals surface area contributed by atoms with E-state index in [0.717, 1.165) is 33.3 Å². The number of anilines is 1. The number of methoxy groups -OCH3 is 1. The molecule has 2 rings (SSSR count). The molecule has 0 heterocycles. The predicted molar refractivity (Wildman–Crippen MR) is 87.7 cm³/mol. The van der Waals surface area contributed by atoms with Crippen molar-refractivity contribution in [1.82, 2.24) is 0 Å². The number of rotatable bonds is 6. The van der Waals surface area contributed by atoms with Crippen molar-refractivity contribution in [1.29, 1.82) is 0 Å². The van der Waals surface area contributed by atoms with Gasteiger partial charge in [-0.15, -0.1) is 0 Å². The van der Waals surface area contributed by atoms with E-state index in [2.05, 4.69) is 5.32 Å². The first-order valence-electron chi connectivity index (χ1n) is 6.93. The number of nitrogens with one attached hydrogen (secondary N) is 1. The Morgan fingerprint density at radius 1 is 1.10 bits per heavy atom. The van der Waals surface area contributed by atoms with Crippen molar-refractivity contribution in [2.75, 3.05) is 19.0 Å². The van der Waals surface area contributed by atoms with E-state index in [-0.39, 0.29) is 0 Å². The molecule has 0 aliphatic heterocycles. The fourth-order valence-corrected chi connectivity index (χ4v) is 2.35. The Hall–Kier alpha value is -1.87. The monoisotopic (exact) mass is 305 g/mol. The highest BCUT2D eigenvalue weighted by molar-refractivity contribution is 6.30. The van der Waals surface area contributed by atoms with Crippen LogP contribution in [0.15, 0.2) is 36.4 Å². The molecule has 0 spiro atoms. The summed E-state index contributed by atoms with van der Waals surface area (Å²) >= 11 is 5.96. The fraction of sp³-hybridized carbons (Fsp3) is 0.294. The molecule has 0 unspecified atom stereocenters. The molecule has 0 bridgehead atoms. The zero-order chi connectivity index (χ0) is 15.2. The highest BCUT2D eigenvalue weighted by atomic mass is 35.5. The van der Waals surface area contributed by atoms with E-state index in [1.165, 1.54) is 0 Å². The molecule has 1 N–H and O–H groups in total. The summed E-state index contributed by atoms with van der Waals surface area (Å²) in [5.41, 5.74) is 3.34. The van der Waals surface area contributed by atoms with Gasteiger partial charge in [-0.3, -0.25) is 0 Å². The summed E-state index contributed by atoms with van der Waals surface area (Å²) in [5.74, 6) is 1.52. The third-order valence-electron chi connectivity index (χ3n) is 3.20. The van der Waals surface area contributed by atoms with E-state index in [1.54, 1.807) is 7.11 Å². The number of hydrogen-bond donors (Lipinski definition) is 1. The zero-order valence-corrected chi connectivity index (χ0v) is 13.3. The molecule has 3 nitrogen and oxygen atoms in total. The average molecular weight is 306 g/mol. The van der Waals surface area contributed by atoms with Gasteiger partial charge in [0.25, 0.3) is 0 Å². The van der Waals surface area contributed by atoms with Gasteiger partial charge in [0.1, 0.15) is 0 Å². The molecular formula is C17H20ClNO2. The van der Waals surface area contributed by atoms with Crippen LogP contribution in [-0.2, 0) is 6.54 Å². The number of aryl methyl sites for hydroxylation is 1. The van der Waals surface area contributed by atoms with Crippen LogP contribution in [0.3, 0.4) is 0 Å². The quantitative estimate of drug-likeness (QED) is 0.841. The summed E-state index contributed by atoms with van der Waals surface area (Å²) in [6.07, 6.45) is 0. The van der Waals surface area contributed by atoms with E-state index >= 15 is 0 Å². The molecule has 2 aromatic rings. The normalized spacial score (nSPS) is 10.3. The molecule has 0 saturated heterocycles. The zero-order valence-electron chi connectivity index (χ0n) is 12.6. The minimum absolute atomic E-state index is 0.615. The van der Waals surface area contributed by atoms with Crippen LogP contribution in [0.2, 0.25) is 5.02 Å². The Morgan fingerprint density at radius 3 is 2.57 bits per heavy atom. The molecule has 21 heavy (non-hydrogen) atoms. The molecule has 112 valence electrons. The Morgan fingerprint density at radius 2 is 1.90 bits per heavy atom. The molecule has 0 atom stereocenters. The fourth-order valence-electron chi connectivity index (χ4n) is 2.12. The second-order valence-electron chi connectivity index (χ2n) is 4.73. The van der Waals surface area contributed by atoms with Gasteiger partial charge in [0.2, 0.25) is 0 Å². The predicted octanol–water partition coefficient (Wildman–Crippen LogP) is 4.67. The van der Waals surface area contributed by atoms with Crippen LogP contribution >= 0.6 is 11.6 Å². The standard InChI is InChI=1S/C17H20ClNO2/c1-4-21-17-10-13(5-8-16(17)20-3)11-19-15-7-6-14(18)9-12(15)2/h5-10,19H,4,11H2,1-3H3. The largest absolute Gasteiger partial charge is 0.493 e. The van der Waals surface area contributed by atoms with Gasteiger partial charge >= 0.3 is 0 Å². The summed E-state index contributed by atoms with van der Waals surface area (Å²) in [4.78, 5) is 0. The van der Waals surface area contributed by atoms with Gasteiger partial charge in [-0.2, -0.15) is 0 Å². The minimum atomic E-state index is 0.615. The average Bonchev–Trinajstić information content (AvgIpc) is 2.47. The summed E-state index contributed by atoms with van der Waals surface area (Å²) in [6, 6.07) is 11.8. The van der Waals surface area contributed by atoms with Gasteiger partial charge in [0, 0.05) is 17.3 Å². The molecule has 4 heteroatoms. The van der Waals surface area contributed by atoms with Crippen LogP contribution in [-0.4, -0.2) is 13.7 Å². The molecule has 0 amide bonds. The number of ether oxygens (including phenoxy) is 2. The van der Waals surface area contributed by atoms with Gasteiger partial charge in [0.15, 0.2) is 11.5 Å². The summed E-state index contributed by atoms with van der Waals surface area (Å²) in [6.45, 7) is 5.32. The van der Waals surface area contributed by atoms with Crippen molar-refractivity contribution in [3.8, 4) is 11.5 Å². The molecule has 0 fully saturated rings. The Balaban J connectivity index is 2.10. The second-order valence-corrected chi connectivity index (χ2v) is 5.17. The van der Waals surface area contributed by atoms with Crippen molar-refractivity contribution in [2.45, 2.75) is 20.4 Å². The van der Waals surface area contributed by atoms with Crippen LogP contribution in [0.25, 0.3) is 0 Å². The van der Waals surface area contributed by atoms with Gasteiger partial charge in [0.05, 0.1) is 13.7 Å². The molecule has 2 aromatic carbocycles. The Bertz CT molecular complexity index is 614. The van der Waals surface area contributed by atoms with Gasteiger partial charge < -0.3 is 14.8 Å². The summed E-state index contributed by atoms with van der Waals surface area (Å²) < 4.78 is 10.9. The topological polar surface area (TPSA) is 30.5 Å². The van der Waals surface area contributed by atoms with E-state index in [0.29, 0.717) is 13.2 Å². The smallest absolute Gasteiger partial charge is 0.161 e. The molecule has 0 saturated carbocycles. The van der Waals surface area contributed by atoms with Crippen LogP contribution in [0.4, 0.5) is 5.69 Å². The number of hydrogen-bond acceptors (Lipinski definition) is 3. The molecule has 0 aliphatic rings. The molecule has 0 aromatic heterocycles. The maximum atomic E-state index is 5.96. The molecule has 0 radical (unpaired) electrons. The van der Waals surface area contributed by atoms with Crippen LogP contribution in [0.1, 0.15) is 18.1 Å². The minimum Gasteiger partial charge on any atom is -0.493 e. The van der Waals surface area contributed by atoms with Gasteiger partial charge in [-0.05, 0) is 55.3 Å².